The number of benzene rings is 2. The van der Waals surface area contributed by atoms with Gasteiger partial charge in [-0.2, -0.15) is 0 Å². The van der Waals surface area contributed by atoms with Crippen LogP contribution < -0.4 is 10.6 Å². The summed E-state index contributed by atoms with van der Waals surface area (Å²) in [6, 6.07) is 18.9. The summed E-state index contributed by atoms with van der Waals surface area (Å²) in [5.74, 6) is 0. The van der Waals surface area contributed by atoms with Crippen molar-refractivity contribution in [3.63, 3.8) is 0 Å². The van der Waals surface area contributed by atoms with Gasteiger partial charge in [-0.1, -0.05) is 60.7 Å². The van der Waals surface area contributed by atoms with Crippen LogP contribution in [0.3, 0.4) is 0 Å². The first kappa shape index (κ1) is 29.5. The van der Waals surface area contributed by atoms with Gasteiger partial charge in [-0.25, -0.2) is 14.4 Å². The first-order chi connectivity index (χ1) is 17.7. The highest BCUT2D eigenvalue weighted by Crippen LogP contribution is 2.08. The number of ether oxygens (including phenoxy) is 3. The molecule has 0 bridgehead atoms. The Labute approximate surface area is 219 Å². The molecule has 2 aromatic rings. The summed E-state index contributed by atoms with van der Waals surface area (Å²) in [5.41, 5.74) is 1.26. The Morgan fingerprint density at radius 2 is 1.22 bits per heavy atom. The molecule has 0 fully saturated rings. The lowest BCUT2D eigenvalue weighted by atomic mass is 10.2. The molecule has 0 aliphatic rings. The summed E-state index contributed by atoms with van der Waals surface area (Å²) in [7, 11) is 0. The molecule has 2 N–H and O–H groups in total. The number of carbonyl (C=O) groups excluding carboxylic acids is 3. The zero-order valence-electron chi connectivity index (χ0n) is 22.0. The topological polar surface area (TPSA) is 106 Å². The number of nitrogens with one attached hydrogen (secondary N) is 2. The largest absolute Gasteiger partial charge is 0.445 e. The summed E-state index contributed by atoms with van der Waals surface area (Å²) in [6.07, 6.45) is 0.494. The van der Waals surface area contributed by atoms with Crippen molar-refractivity contribution in [2.24, 2.45) is 0 Å². The first-order valence-electron chi connectivity index (χ1n) is 12.6. The van der Waals surface area contributed by atoms with Crippen LogP contribution in [-0.2, 0) is 27.4 Å². The van der Waals surface area contributed by atoms with Gasteiger partial charge in [-0.05, 0) is 51.2 Å². The van der Waals surface area contributed by atoms with Crippen LogP contribution in [-0.4, -0.2) is 55.0 Å². The molecule has 9 heteroatoms. The zero-order valence-corrected chi connectivity index (χ0v) is 22.0. The highest BCUT2D eigenvalue weighted by atomic mass is 16.6. The number of alkyl carbamates (subject to hydrolysis) is 2. The Hall–Kier alpha value is -3.75. The minimum atomic E-state index is -0.550. The van der Waals surface area contributed by atoms with E-state index in [9.17, 15) is 14.4 Å². The van der Waals surface area contributed by atoms with Gasteiger partial charge in [0.15, 0.2) is 0 Å². The second-order valence-corrected chi connectivity index (χ2v) is 9.51. The molecular weight excluding hydrogens is 474 g/mol. The smallest absolute Gasteiger partial charge is 0.410 e. The van der Waals surface area contributed by atoms with Crippen LogP contribution in [0.25, 0.3) is 0 Å². The molecule has 37 heavy (non-hydrogen) atoms. The maximum atomic E-state index is 12.7. The van der Waals surface area contributed by atoms with Gasteiger partial charge in [0, 0.05) is 26.2 Å². The van der Waals surface area contributed by atoms with E-state index >= 15 is 0 Å². The van der Waals surface area contributed by atoms with Crippen molar-refractivity contribution < 1.29 is 28.6 Å². The van der Waals surface area contributed by atoms with Gasteiger partial charge >= 0.3 is 18.3 Å². The summed E-state index contributed by atoms with van der Waals surface area (Å²) in [4.78, 5) is 38.1. The predicted octanol–water partition coefficient (Wildman–Crippen LogP) is 5.25. The average molecular weight is 514 g/mol. The maximum absolute atomic E-state index is 12.7. The Morgan fingerprint density at radius 1 is 0.703 bits per heavy atom. The Bertz CT molecular complexity index is 947. The number of amides is 3. The van der Waals surface area contributed by atoms with Gasteiger partial charge in [-0.15, -0.1) is 0 Å². The standard InChI is InChI=1S/C28H39N3O6/c1-28(2,3)37-26(33)30-17-10-11-19-31(27(34)36-22-24-15-8-5-9-16-24)20-12-18-29-25(32)35-21-23-13-6-4-7-14-23/h4-9,13-16H,10-12,17-22H2,1-3H3,(H,29,32)(H,30,33). The van der Waals surface area contributed by atoms with Gasteiger partial charge in [0.1, 0.15) is 18.8 Å². The van der Waals surface area contributed by atoms with Crippen LogP contribution >= 0.6 is 0 Å². The van der Waals surface area contributed by atoms with E-state index in [4.69, 9.17) is 14.2 Å². The molecule has 3 amide bonds. The average Bonchev–Trinajstić information content (AvgIpc) is 2.87. The molecule has 0 aromatic heterocycles. The van der Waals surface area contributed by atoms with Crippen LogP contribution in [0, 0.1) is 0 Å². The molecule has 0 spiro atoms. The highest BCUT2D eigenvalue weighted by molar-refractivity contribution is 5.68. The number of unbranched alkanes of at least 4 members (excludes halogenated alkanes) is 1. The van der Waals surface area contributed by atoms with E-state index in [0.717, 1.165) is 11.1 Å². The predicted molar refractivity (Wildman–Crippen MR) is 141 cm³/mol. The highest BCUT2D eigenvalue weighted by Gasteiger charge is 2.17. The van der Waals surface area contributed by atoms with Crippen LogP contribution in [0.2, 0.25) is 0 Å². The molecule has 2 aromatic carbocycles. The molecule has 202 valence electrons. The summed E-state index contributed by atoms with van der Waals surface area (Å²) >= 11 is 0. The molecule has 0 aliphatic carbocycles. The van der Waals surface area contributed by atoms with E-state index in [-0.39, 0.29) is 13.2 Å². The Morgan fingerprint density at radius 3 is 1.81 bits per heavy atom. The molecule has 0 saturated heterocycles. The molecule has 0 saturated carbocycles. The maximum Gasteiger partial charge on any atom is 0.410 e. The van der Waals surface area contributed by atoms with E-state index in [1.54, 1.807) is 4.90 Å². The molecule has 2 rings (SSSR count). The fourth-order valence-corrected chi connectivity index (χ4v) is 3.27. The zero-order chi connectivity index (χ0) is 26.9. The minimum absolute atomic E-state index is 0.181. The van der Waals surface area contributed by atoms with E-state index in [1.807, 2.05) is 81.4 Å². The lowest BCUT2D eigenvalue weighted by Gasteiger charge is -2.23. The van der Waals surface area contributed by atoms with Gasteiger partial charge in [0.05, 0.1) is 0 Å². The second-order valence-electron chi connectivity index (χ2n) is 9.51. The quantitative estimate of drug-likeness (QED) is 0.280. The third-order valence-electron chi connectivity index (χ3n) is 5.07. The van der Waals surface area contributed by atoms with Crippen molar-refractivity contribution in [3.05, 3.63) is 71.8 Å². The number of hydrogen-bond donors (Lipinski definition) is 2. The monoisotopic (exact) mass is 513 g/mol. The van der Waals surface area contributed by atoms with E-state index < -0.39 is 23.9 Å². The molecule has 0 heterocycles. The molecule has 0 atom stereocenters. The van der Waals surface area contributed by atoms with Crippen molar-refractivity contribution in [3.8, 4) is 0 Å². The SMILES string of the molecule is CC(C)(C)OC(=O)NCCCCN(CCCNC(=O)OCc1ccccc1)C(=O)OCc1ccccc1. The summed E-state index contributed by atoms with van der Waals surface area (Å²) in [5, 5.41) is 5.43. The number of nitrogens with zero attached hydrogens (tertiary/aromatic N) is 1. The Balaban J connectivity index is 1.73. The molecule has 9 nitrogen and oxygen atoms in total. The van der Waals surface area contributed by atoms with Crippen LogP contribution in [0.5, 0.6) is 0 Å². The number of rotatable bonds is 13. The fraction of sp³-hybridized carbons (Fsp3) is 0.464. The fourth-order valence-electron chi connectivity index (χ4n) is 3.27. The van der Waals surface area contributed by atoms with Crippen molar-refractivity contribution in [2.45, 2.75) is 58.8 Å². The number of carbonyl (C=O) groups is 3. The van der Waals surface area contributed by atoms with E-state index in [0.29, 0.717) is 45.4 Å². The van der Waals surface area contributed by atoms with Gasteiger partial charge in [-0.3, -0.25) is 0 Å². The van der Waals surface area contributed by atoms with Crippen molar-refractivity contribution >= 4 is 18.3 Å². The summed E-state index contributed by atoms with van der Waals surface area (Å²) < 4.78 is 15.9. The summed E-state index contributed by atoms with van der Waals surface area (Å²) in [6.45, 7) is 7.47. The number of hydrogen-bond acceptors (Lipinski definition) is 6. The Kier molecular flexibility index (Phi) is 12.8. The van der Waals surface area contributed by atoms with Gasteiger partial charge in [0.25, 0.3) is 0 Å². The molecule has 0 aliphatic heterocycles. The van der Waals surface area contributed by atoms with Crippen molar-refractivity contribution in [2.75, 3.05) is 26.2 Å². The van der Waals surface area contributed by atoms with Crippen LogP contribution in [0.4, 0.5) is 14.4 Å². The lowest BCUT2D eigenvalue weighted by Crippen LogP contribution is -2.36. The first-order valence-corrected chi connectivity index (χ1v) is 12.6. The van der Waals surface area contributed by atoms with E-state index in [1.165, 1.54) is 0 Å². The van der Waals surface area contributed by atoms with Gasteiger partial charge < -0.3 is 29.7 Å². The van der Waals surface area contributed by atoms with Crippen LogP contribution in [0.15, 0.2) is 60.7 Å². The van der Waals surface area contributed by atoms with E-state index in [2.05, 4.69) is 10.6 Å². The van der Waals surface area contributed by atoms with Crippen LogP contribution in [0.1, 0.15) is 51.2 Å². The van der Waals surface area contributed by atoms with Crippen molar-refractivity contribution in [1.29, 1.82) is 0 Å². The molecule has 0 unspecified atom stereocenters. The molecular formula is C28H39N3O6. The lowest BCUT2D eigenvalue weighted by molar-refractivity contribution is 0.0525. The molecule has 0 radical (unpaired) electrons. The normalized spacial score (nSPS) is 10.8. The second kappa shape index (κ2) is 16.1. The third kappa shape index (κ3) is 13.8. The van der Waals surface area contributed by atoms with Gasteiger partial charge in [0.2, 0.25) is 0 Å². The van der Waals surface area contributed by atoms with Crippen molar-refractivity contribution in [1.82, 2.24) is 15.5 Å². The third-order valence-corrected chi connectivity index (χ3v) is 5.07. The minimum Gasteiger partial charge on any atom is -0.445 e.